The van der Waals surface area contributed by atoms with E-state index in [1.165, 1.54) is 0 Å². The second-order valence-corrected chi connectivity index (χ2v) is 7.36. The van der Waals surface area contributed by atoms with Gasteiger partial charge in [-0.05, 0) is 49.4 Å². The van der Waals surface area contributed by atoms with Crippen molar-refractivity contribution in [1.82, 2.24) is 4.98 Å². The van der Waals surface area contributed by atoms with Crippen molar-refractivity contribution in [2.75, 3.05) is 16.0 Å². The molecule has 0 saturated carbocycles. The molecule has 0 aliphatic carbocycles. The first kappa shape index (κ1) is 19.2. The molecule has 0 atom stereocenters. The van der Waals surface area contributed by atoms with Crippen LogP contribution in [0.5, 0.6) is 0 Å². The second-order valence-electron chi connectivity index (χ2n) is 5.48. The molecule has 3 N–H and O–H groups in total. The largest absolute Gasteiger partial charge is 0.325 e. The van der Waals surface area contributed by atoms with Crippen LogP contribution in [0.1, 0.15) is 15.4 Å². The van der Waals surface area contributed by atoms with E-state index in [0.717, 1.165) is 11.3 Å². The van der Waals surface area contributed by atoms with Crippen LogP contribution in [-0.4, -0.2) is 16.9 Å². The Bertz CT molecular complexity index is 989. The Morgan fingerprint density at radius 2 is 1.67 bits per heavy atom. The van der Waals surface area contributed by atoms with E-state index in [4.69, 9.17) is 23.2 Å². The third-order valence-corrected chi connectivity index (χ3v) is 4.97. The van der Waals surface area contributed by atoms with Crippen LogP contribution < -0.4 is 16.0 Å². The number of aromatic nitrogens is 1. The van der Waals surface area contributed by atoms with Gasteiger partial charge < -0.3 is 10.6 Å². The highest BCUT2D eigenvalue weighted by molar-refractivity contribution is 7.17. The molecule has 0 spiro atoms. The van der Waals surface area contributed by atoms with Crippen LogP contribution in [0, 0.1) is 6.92 Å². The lowest BCUT2D eigenvalue weighted by Crippen LogP contribution is -2.19. The number of aryl methyl sites for hydroxylation is 1. The van der Waals surface area contributed by atoms with Crippen LogP contribution >= 0.6 is 34.5 Å². The molecular formula is C18H14Cl2N4O2S. The van der Waals surface area contributed by atoms with Crippen LogP contribution in [0.15, 0.2) is 48.5 Å². The van der Waals surface area contributed by atoms with Gasteiger partial charge in [-0.2, -0.15) is 0 Å². The van der Waals surface area contributed by atoms with Crippen molar-refractivity contribution in [3.05, 3.63) is 69.1 Å². The molecule has 1 aromatic heterocycles. The predicted octanol–water partition coefficient (Wildman–Crippen LogP) is 5.65. The zero-order valence-electron chi connectivity index (χ0n) is 14.0. The van der Waals surface area contributed by atoms with Gasteiger partial charge in [0.15, 0.2) is 5.13 Å². The number of carbonyl (C=O) groups is 2. The van der Waals surface area contributed by atoms with Crippen molar-refractivity contribution in [2.45, 2.75) is 6.92 Å². The molecule has 1 heterocycles. The van der Waals surface area contributed by atoms with E-state index in [1.807, 2.05) is 0 Å². The molecule has 0 saturated heterocycles. The lowest BCUT2D eigenvalue weighted by molar-refractivity contribution is 0.103. The fraction of sp³-hybridized carbons (Fsp3) is 0.0556. The SMILES string of the molecule is Cc1nc(NC(=O)Nc2cccc(Cl)c2)sc1C(=O)Nc1ccc(Cl)cc1. The Morgan fingerprint density at radius 3 is 2.37 bits per heavy atom. The van der Waals surface area contributed by atoms with Gasteiger partial charge in [0.2, 0.25) is 0 Å². The molecule has 9 heteroatoms. The third kappa shape index (κ3) is 5.19. The van der Waals surface area contributed by atoms with Gasteiger partial charge in [0.1, 0.15) is 4.88 Å². The summed E-state index contributed by atoms with van der Waals surface area (Å²) >= 11 is 12.8. The van der Waals surface area contributed by atoms with Gasteiger partial charge in [-0.15, -0.1) is 0 Å². The van der Waals surface area contributed by atoms with Gasteiger partial charge >= 0.3 is 6.03 Å². The normalized spacial score (nSPS) is 10.3. The van der Waals surface area contributed by atoms with E-state index in [1.54, 1.807) is 55.5 Å². The van der Waals surface area contributed by atoms with Crippen molar-refractivity contribution < 1.29 is 9.59 Å². The summed E-state index contributed by atoms with van der Waals surface area (Å²) in [4.78, 5) is 29.2. The molecule has 27 heavy (non-hydrogen) atoms. The minimum absolute atomic E-state index is 0.310. The van der Waals surface area contributed by atoms with E-state index in [-0.39, 0.29) is 5.91 Å². The topological polar surface area (TPSA) is 83.1 Å². The molecule has 0 radical (unpaired) electrons. The van der Waals surface area contributed by atoms with Crippen LogP contribution in [0.3, 0.4) is 0 Å². The van der Waals surface area contributed by atoms with Crippen molar-refractivity contribution in [3.63, 3.8) is 0 Å². The zero-order valence-corrected chi connectivity index (χ0v) is 16.4. The first-order valence-corrected chi connectivity index (χ1v) is 9.36. The average molecular weight is 421 g/mol. The number of nitrogens with zero attached hydrogens (tertiary/aromatic N) is 1. The molecule has 138 valence electrons. The van der Waals surface area contributed by atoms with Gasteiger partial charge in [0, 0.05) is 21.4 Å². The van der Waals surface area contributed by atoms with Crippen LogP contribution in [0.25, 0.3) is 0 Å². The molecule has 3 rings (SSSR count). The lowest BCUT2D eigenvalue weighted by Gasteiger charge is -2.05. The molecule has 0 aliphatic rings. The summed E-state index contributed by atoms with van der Waals surface area (Å²) in [7, 11) is 0. The minimum atomic E-state index is -0.476. The maximum Gasteiger partial charge on any atom is 0.325 e. The number of anilines is 3. The fourth-order valence-electron chi connectivity index (χ4n) is 2.21. The third-order valence-electron chi connectivity index (χ3n) is 3.41. The smallest absolute Gasteiger partial charge is 0.321 e. The van der Waals surface area contributed by atoms with E-state index < -0.39 is 6.03 Å². The van der Waals surface area contributed by atoms with Crippen molar-refractivity contribution in [1.29, 1.82) is 0 Å². The first-order valence-electron chi connectivity index (χ1n) is 7.78. The minimum Gasteiger partial charge on any atom is -0.321 e. The van der Waals surface area contributed by atoms with Gasteiger partial charge in [-0.1, -0.05) is 40.6 Å². The molecule has 3 amide bonds. The van der Waals surface area contributed by atoms with E-state index in [2.05, 4.69) is 20.9 Å². The molecule has 0 aliphatic heterocycles. The number of rotatable bonds is 4. The van der Waals surface area contributed by atoms with Crippen LogP contribution in [0.2, 0.25) is 10.0 Å². The number of halogens is 2. The van der Waals surface area contributed by atoms with Crippen molar-refractivity contribution >= 4 is 63.0 Å². The van der Waals surface area contributed by atoms with Gasteiger partial charge in [0.05, 0.1) is 5.69 Å². The number of benzene rings is 2. The molecule has 2 aromatic carbocycles. The standard InChI is InChI=1S/C18H14Cl2N4O2S/c1-10-15(16(25)22-13-7-5-11(19)6-8-13)27-18(21-10)24-17(26)23-14-4-2-3-12(20)9-14/h2-9H,1H3,(H,22,25)(H2,21,23,24,26). The second kappa shape index (κ2) is 8.39. The summed E-state index contributed by atoms with van der Waals surface area (Å²) in [5.41, 5.74) is 1.68. The summed E-state index contributed by atoms with van der Waals surface area (Å²) in [6.07, 6.45) is 0. The van der Waals surface area contributed by atoms with Gasteiger partial charge in [-0.3, -0.25) is 10.1 Å². The highest BCUT2D eigenvalue weighted by Gasteiger charge is 2.17. The maximum atomic E-state index is 12.4. The van der Waals surface area contributed by atoms with Crippen molar-refractivity contribution in [2.24, 2.45) is 0 Å². The summed E-state index contributed by atoms with van der Waals surface area (Å²) < 4.78 is 0. The predicted molar refractivity (Wildman–Crippen MR) is 110 cm³/mol. The molecule has 0 fully saturated rings. The van der Waals surface area contributed by atoms with Gasteiger partial charge in [0.25, 0.3) is 5.91 Å². The van der Waals surface area contributed by atoms with Crippen molar-refractivity contribution in [3.8, 4) is 0 Å². The number of amides is 3. The maximum absolute atomic E-state index is 12.4. The number of urea groups is 1. The summed E-state index contributed by atoms with van der Waals surface area (Å²) in [6.45, 7) is 1.70. The molecule has 0 bridgehead atoms. The molecule has 3 aromatic rings. The van der Waals surface area contributed by atoms with Crippen LogP contribution in [-0.2, 0) is 0 Å². The Hall–Kier alpha value is -2.61. The van der Waals surface area contributed by atoms with E-state index in [9.17, 15) is 9.59 Å². The van der Waals surface area contributed by atoms with Gasteiger partial charge in [-0.25, -0.2) is 9.78 Å². The zero-order chi connectivity index (χ0) is 19.4. The number of thiazole rings is 1. The number of nitrogens with one attached hydrogen (secondary N) is 3. The fourth-order valence-corrected chi connectivity index (χ4v) is 3.38. The monoisotopic (exact) mass is 420 g/mol. The average Bonchev–Trinajstić information content (AvgIpc) is 2.97. The van der Waals surface area contributed by atoms with E-state index >= 15 is 0 Å². The Morgan fingerprint density at radius 1 is 0.926 bits per heavy atom. The summed E-state index contributed by atoms with van der Waals surface area (Å²) in [6, 6.07) is 13.1. The number of hydrogen-bond acceptors (Lipinski definition) is 4. The Balaban J connectivity index is 1.65. The highest BCUT2D eigenvalue weighted by atomic mass is 35.5. The molecule has 6 nitrogen and oxygen atoms in total. The first-order chi connectivity index (χ1) is 12.9. The number of hydrogen-bond donors (Lipinski definition) is 3. The molecular weight excluding hydrogens is 407 g/mol. The molecule has 0 unspecified atom stereocenters. The Labute approximate surface area is 169 Å². The quantitative estimate of drug-likeness (QED) is 0.509. The lowest BCUT2D eigenvalue weighted by atomic mass is 10.3. The Kier molecular flexibility index (Phi) is 5.95. The van der Waals surface area contributed by atoms with E-state index in [0.29, 0.717) is 37.1 Å². The van der Waals surface area contributed by atoms with Crippen LogP contribution in [0.4, 0.5) is 21.3 Å². The highest BCUT2D eigenvalue weighted by Crippen LogP contribution is 2.24. The summed E-state index contributed by atoms with van der Waals surface area (Å²) in [5, 5.41) is 9.45. The number of carbonyl (C=O) groups excluding carboxylic acids is 2. The summed E-state index contributed by atoms with van der Waals surface area (Å²) in [5.74, 6) is -0.310.